The molecule has 0 amide bonds. The highest BCUT2D eigenvalue weighted by molar-refractivity contribution is 9.10. The fraction of sp³-hybridized carbons (Fsp3) is 0.600. The Labute approximate surface area is 119 Å². The molecule has 1 atom stereocenters. The Morgan fingerprint density at radius 1 is 1.33 bits per heavy atom. The Hall–Kier alpha value is -0.540. The summed E-state index contributed by atoms with van der Waals surface area (Å²) in [7, 11) is 0. The molecule has 1 unspecified atom stereocenters. The Kier molecular flexibility index (Phi) is 7.36. The number of ether oxygens (including phenoxy) is 1. The molecule has 0 radical (unpaired) electrons. The summed E-state index contributed by atoms with van der Waals surface area (Å²) < 4.78 is 7.00. The van der Waals surface area contributed by atoms with Crippen molar-refractivity contribution in [2.24, 2.45) is 0 Å². The van der Waals surface area contributed by atoms with E-state index in [9.17, 15) is 0 Å². The van der Waals surface area contributed by atoms with Gasteiger partial charge in [0.25, 0.3) is 0 Å². The summed E-state index contributed by atoms with van der Waals surface area (Å²) in [4.78, 5) is 0. The van der Waals surface area contributed by atoms with Gasteiger partial charge in [-0.25, -0.2) is 0 Å². The molecule has 0 aliphatic carbocycles. The van der Waals surface area contributed by atoms with E-state index in [4.69, 9.17) is 4.74 Å². The van der Waals surface area contributed by atoms with Crippen LogP contribution >= 0.6 is 15.9 Å². The predicted octanol–water partition coefficient (Wildman–Crippen LogP) is 4.30. The molecular weight excluding hydrogens is 290 g/mol. The fourth-order valence-corrected chi connectivity index (χ4v) is 2.02. The van der Waals surface area contributed by atoms with E-state index in [-0.39, 0.29) is 6.10 Å². The largest absolute Gasteiger partial charge is 0.489 e. The smallest absolute Gasteiger partial charge is 0.120 e. The average molecular weight is 314 g/mol. The van der Waals surface area contributed by atoms with Gasteiger partial charge in [0.1, 0.15) is 11.9 Å². The van der Waals surface area contributed by atoms with Crippen LogP contribution in [-0.2, 0) is 0 Å². The lowest BCUT2D eigenvalue weighted by atomic mass is 10.2. The number of aryl methyl sites for hydroxylation is 1. The maximum atomic E-state index is 5.87. The van der Waals surface area contributed by atoms with Gasteiger partial charge in [-0.1, -0.05) is 35.7 Å². The highest BCUT2D eigenvalue weighted by atomic mass is 79.9. The molecule has 0 saturated heterocycles. The van der Waals surface area contributed by atoms with Crippen LogP contribution in [0.15, 0.2) is 22.7 Å². The predicted molar refractivity (Wildman–Crippen MR) is 81.4 cm³/mol. The van der Waals surface area contributed by atoms with Gasteiger partial charge in [0.2, 0.25) is 0 Å². The third kappa shape index (κ3) is 5.87. The molecule has 0 saturated carbocycles. The molecular formula is C15H24BrNO. The van der Waals surface area contributed by atoms with E-state index in [0.717, 1.165) is 23.3 Å². The summed E-state index contributed by atoms with van der Waals surface area (Å²) in [6, 6.07) is 6.11. The second-order valence-electron chi connectivity index (χ2n) is 4.75. The molecule has 1 aromatic rings. The summed E-state index contributed by atoms with van der Waals surface area (Å²) in [5.41, 5.74) is 1.20. The van der Waals surface area contributed by atoms with E-state index >= 15 is 0 Å². The van der Waals surface area contributed by atoms with Crippen LogP contribution in [0.4, 0.5) is 0 Å². The zero-order valence-corrected chi connectivity index (χ0v) is 13.2. The Balaban J connectivity index is 2.26. The molecule has 0 aliphatic heterocycles. The molecule has 0 aromatic heterocycles. The van der Waals surface area contributed by atoms with Crippen LogP contribution in [0.25, 0.3) is 0 Å². The molecule has 0 bridgehead atoms. The molecule has 1 N–H and O–H groups in total. The highest BCUT2D eigenvalue weighted by Crippen LogP contribution is 2.22. The van der Waals surface area contributed by atoms with Gasteiger partial charge in [0, 0.05) is 11.0 Å². The zero-order chi connectivity index (χ0) is 13.4. The number of halogens is 1. The lowest BCUT2D eigenvalue weighted by molar-refractivity contribution is 0.217. The van der Waals surface area contributed by atoms with E-state index in [1.807, 2.05) is 12.1 Å². The Bertz CT molecular complexity index is 354. The minimum Gasteiger partial charge on any atom is -0.489 e. The number of unbranched alkanes of at least 4 members (excludes halogenated alkanes) is 2. The first kappa shape index (κ1) is 15.5. The summed E-state index contributed by atoms with van der Waals surface area (Å²) in [5, 5.41) is 3.43. The molecule has 0 heterocycles. The van der Waals surface area contributed by atoms with Crippen LogP contribution in [0.5, 0.6) is 5.75 Å². The number of hydrogen-bond acceptors (Lipinski definition) is 2. The Morgan fingerprint density at radius 2 is 2.11 bits per heavy atom. The van der Waals surface area contributed by atoms with Crippen molar-refractivity contribution in [3.63, 3.8) is 0 Å². The first-order valence-electron chi connectivity index (χ1n) is 6.77. The van der Waals surface area contributed by atoms with Crippen LogP contribution in [0.2, 0.25) is 0 Å². The first-order valence-corrected chi connectivity index (χ1v) is 7.56. The van der Waals surface area contributed by atoms with Crippen molar-refractivity contribution in [2.45, 2.75) is 46.1 Å². The second kappa shape index (κ2) is 8.54. The van der Waals surface area contributed by atoms with Crippen molar-refractivity contribution in [1.82, 2.24) is 5.32 Å². The molecule has 0 aliphatic rings. The normalized spacial score (nSPS) is 12.4. The summed E-state index contributed by atoms with van der Waals surface area (Å²) >= 11 is 3.49. The zero-order valence-electron chi connectivity index (χ0n) is 11.6. The van der Waals surface area contributed by atoms with Gasteiger partial charge in [-0.15, -0.1) is 0 Å². The maximum absolute atomic E-state index is 5.87. The minimum atomic E-state index is 0.201. The second-order valence-corrected chi connectivity index (χ2v) is 5.61. The summed E-state index contributed by atoms with van der Waals surface area (Å²) in [5.74, 6) is 0.943. The number of hydrogen-bond donors (Lipinski definition) is 1. The van der Waals surface area contributed by atoms with Gasteiger partial charge in [-0.2, -0.15) is 0 Å². The lowest BCUT2D eigenvalue weighted by Gasteiger charge is -2.16. The molecule has 1 rings (SSSR count). The highest BCUT2D eigenvalue weighted by Gasteiger charge is 2.04. The average Bonchev–Trinajstić information content (AvgIpc) is 2.34. The standard InChI is InChI=1S/C15H24BrNO/c1-4-5-6-9-17-11-13(3)18-14-7-8-15(16)12(2)10-14/h7-8,10,13,17H,4-6,9,11H2,1-3H3. The van der Waals surface area contributed by atoms with Crippen molar-refractivity contribution < 1.29 is 4.74 Å². The molecule has 18 heavy (non-hydrogen) atoms. The van der Waals surface area contributed by atoms with Gasteiger partial charge in [-0.05, 0) is 50.6 Å². The number of rotatable bonds is 8. The van der Waals surface area contributed by atoms with Crippen molar-refractivity contribution >= 4 is 15.9 Å². The van der Waals surface area contributed by atoms with Gasteiger partial charge in [0.05, 0.1) is 0 Å². The fourth-order valence-electron chi connectivity index (χ4n) is 1.77. The molecule has 0 fully saturated rings. The van der Waals surface area contributed by atoms with Crippen molar-refractivity contribution in [1.29, 1.82) is 0 Å². The van der Waals surface area contributed by atoms with Crippen LogP contribution < -0.4 is 10.1 Å². The van der Waals surface area contributed by atoms with E-state index in [2.05, 4.69) is 48.1 Å². The third-order valence-corrected chi connectivity index (χ3v) is 3.75. The molecule has 3 heteroatoms. The lowest BCUT2D eigenvalue weighted by Crippen LogP contribution is -2.29. The number of benzene rings is 1. The van der Waals surface area contributed by atoms with Crippen molar-refractivity contribution in [3.8, 4) is 5.75 Å². The van der Waals surface area contributed by atoms with E-state index in [1.54, 1.807) is 0 Å². The SMILES string of the molecule is CCCCCNCC(C)Oc1ccc(Br)c(C)c1. The maximum Gasteiger partial charge on any atom is 0.120 e. The van der Waals surface area contributed by atoms with Gasteiger partial charge >= 0.3 is 0 Å². The van der Waals surface area contributed by atoms with Gasteiger partial charge in [-0.3, -0.25) is 0 Å². The molecule has 102 valence electrons. The number of nitrogens with one attached hydrogen (secondary N) is 1. The summed E-state index contributed by atoms with van der Waals surface area (Å²) in [6.45, 7) is 8.39. The molecule has 1 aromatic carbocycles. The van der Waals surface area contributed by atoms with Crippen molar-refractivity contribution in [2.75, 3.05) is 13.1 Å². The monoisotopic (exact) mass is 313 g/mol. The van der Waals surface area contributed by atoms with E-state index in [0.29, 0.717) is 0 Å². The van der Waals surface area contributed by atoms with Crippen LogP contribution in [0.1, 0.15) is 38.7 Å². The van der Waals surface area contributed by atoms with Crippen LogP contribution in [-0.4, -0.2) is 19.2 Å². The van der Waals surface area contributed by atoms with Crippen LogP contribution in [0.3, 0.4) is 0 Å². The van der Waals surface area contributed by atoms with E-state index < -0.39 is 0 Å². The molecule has 2 nitrogen and oxygen atoms in total. The topological polar surface area (TPSA) is 21.3 Å². The quantitative estimate of drug-likeness (QED) is 0.722. The van der Waals surface area contributed by atoms with E-state index in [1.165, 1.54) is 24.8 Å². The van der Waals surface area contributed by atoms with Gasteiger partial charge < -0.3 is 10.1 Å². The first-order chi connectivity index (χ1) is 8.63. The minimum absolute atomic E-state index is 0.201. The Morgan fingerprint density at radius 3 is 2.78 bits per heavy atom. The van der Waals surface area contributed by atoms with Crippen molar-refractivity contribution in [3.05, 3.63) is 28.2 Å². The third-order valence-electron chi connectivity index (χ3n) is 2.86. The summed E-state index contributed by atoms with van der Waals surface area (Å²) in [6.07, 6.45) is 4.02. The van der Waals surface area contributed by atoms with Gasteiger partial charge in [0.15, 0.2) is 0 Å². The van der Waals surface area contributed by atoms with Crippen LogP contribution in [0, 0.1) is 6.92 Å². The molecule has 0 spiro atoms.